The molecule has 0 spiro atoms. The van der Waals surface area contributed by atoms with Gasteiger partial charge in [0, 0.05) is 5.39 Å². The molecule has 0 amide bonds. The maximum absolute atomic E-state index is 5.64. The van der Waals surface area contributed by atoms with Crippen LogP contribution in [-0.2, 0) is 6.54 Å². The lowest BCUT2D eigenvalue weighted by atomic mass is 10.2. The summed E-state index contributed by atoms with van der Waals surface area (Å²) in [5.41, 5.74) is 6.27. The average molecular weight is 214 g/mol. The van der Waals surface area contributed by atoms with E-state index in [0.717, 1.165) is 11.0 Å². The second-order valence-corrected chi connectivity index (χ2v) is 3.47. The first kappa shape index (κ1) is 9.18. The molecule has 4 nitrogen and oxygen atoms in total. The number of nitrogens with zero attached hydrogens (tertiary/aromatic N) is 1. The fraction of sp³-hybridized carbons (Fsp3) is 0.0833. The SMILES string of the molecule is NCc1ncc(-c2cc3ccccc3o2)o1. The first-order valence-electron chi connectivity index (χ1n) is 5.00. The monoisotopic (exact) mass is 214 g/mol. The average Bonchev–Trinajstić information content (AvgIpc) is 2.95. The summed E-state index contributed by atoms with van der Waals surface area (Å²) >= 11 is 0. The number of fused-ring (bicyclic) bond motifs is 1. The molecule has 0 bridgehead atoms. The molecule has 0 aliphatic carbocycles. The van der Waals surface area contributed by atoms with E-state index >= 15 is 0 Å². The number of benzene rings is 1. The quantitative estimate of drug-likeness (QED) is 0.711. The van der Waals surface area contributed by atoms with Crippen LogP contribution in [0.15, 0.2) is 45.4 Å². The molecular weight excluding hydrogens is 204 g/mol. The Kier molecular flexibility index (Phi) is 2.01. The number of hydrogen-bond donors (Lipinski definition) is 1. The number of nitrogens with two attached hydrogens (primary N) is 1. The highest BCUT2D eigenvalue weighted by molar-refractivity contribution is 5.81. The fourth-order valence-electron chi connectivity index (χ4n) is 1.62. The van der Waals surface area contributed by atoms with Crippen molar-refractivity contribution in [2.24, 2.45) is 5.73 Å². The molecule has 0 fully saturated rings. The molecule has 2 heterocycles. The van der Waals surface area contributed by atoms with Gasteiger partial charge in [0.25, 0.3) is 0 Å². The summed E-state index contributed by atoms with van der Waals surface area (Å²) in [6, 6.07) is 9.73. The standard InChI is InChI=1S/C12H10N2O2/c13-6-12-14-7-11(16-12)10-5-8-3-1-2-4-9(8)15-10/h1-5,7H,6,13H2. The molecule has 3 rings (SSSR count). The van der Waals surface area contributed by atoms with E-state index in [1.54, 1.807) is 6.20 Å². The van der Waals surface area contributed by atoms with Crippen molar-refractivity contribution >= 4 is 11.0 Å². The number of oxazole rings is 1. The Bertz CT molecular complexity index is 592. The highest BCUT2D eigenvalue weighted by atomic mass is 16.4. The molecule has 1 aromatic carbocycles. The van der Waals surface area contributed by atoms with E-state index in [9.17, 15) is 0 Å². The Morgan fingerprint density at radius 2 is 2.00 bits per heavy atom. The minimum absolute atomic E-state index is 0.292. The van der Waals surface area contributed by atoms with E-state index in [2.05, 4.69) is 4.98 Å². The maximum Gasteiger partial charge on any atom is 0.208 e. The zero-order valence-corrected chi connectivity index (χ0v) is 8.51. The van der Waals surface area contributed by atoms with Crippen molar-refractivity contribution in [3.05, 3.63) is 42.4 Å². The third-order valence-corrected chi connectivity index (χ3v) is 2.40. The van der Waals surface area contributed by atoms with Gasteiger partial charge in [-0.2, -0.15) is 0 Å². The molecule has 0 radical (unpaired) electrons. The topological polar surface area (TPSA) is 65.2 Å². The van der Waals surface area contributed by atoms with E-state index in [0.29, 0.717) is 24.0 Å². The van der Waals surface area contributed by atoms with E-state index in [-0.39, 0.29) is 0 Å². The molecule has 4 heteroatoms. The molecule has 0 unspecified atom stereocenters. The molecule has 3 aromatic rings. The van der Waals surface area contributed by atoms with Gasteiger partial charge < -0.3 is 14.6 Å². The van der Waals surface area contributed by atoms with Crippen LogP contribution in [0.3, 0.4) is 0 Å². The molecule has 2 aromatic heterocycles. The summed E-state index contributed by atoms with van der Waals surface area (Å²) in [6.07, 6.45) is 1.62. The minimum atomic E-state index is 0.292. The Morgan fingerprint density at radius 3 is 2.75 bits per heavy atom. The lowest BCUT2D eigenvalue weighted by Crippen LogP contribution is -1.94. The van der Waals surface area contributed by atoms with Gasteiger partial charge in [0.2, 0.25) is 5.89 Å². The fourth-order valence-corrected chi connectivity index (χ4v) is 1.62. The van der Waals surface area contributed by atoms with Crippen LogP contribution in [0, 0.1) is 0 Å². The molecule has 2 N–H and O–H groups in total. The van der Waals surface area contributed by atoms with Crippen molar-refractivity contribution in [2.45, 2.75) is 6.54 Å². The number of para-hydroxylation sites is 1. The highest BCUT2D eigenvalue weighted by Crippen LogP contribution is 2.27. The Hall–Kier alpha value is -2.07. The van der Waals surface area contributed by atoms with Crippen LogP contribution >= 0.6 is 0 Å². The van der Waals surface area contributed by atoms with Gasteiger partial charge in [0.05, 0.1) is 12.7 Å². The van der Waals surface area contributed by atoms with Crippen LogP contribution < -0.4 is 5.73 Å². The first-order chi connectivity index (χ1) is 7.86. The predicted molar refractivity (Wildman–Crippen MR) is 59.6 cm³/mol. The predicted octanol–water partition coefficient (Wildman–Crippen LogP) is 2.55. The molecule has 0 aliphatic heterocycles. The highest BCUT2D eigenvalue weighted by Gasteiger charge is 2.10. The molecule has 16 heavy (non-hydrogen) atoms. The number of hydrogen-bond acceptors (Lipinski definition) is 4. The zero-order chi connectivity index (χ0) is 11.0. The van der Waals surface area contributed by atoms with Crippen molar-refractivity contribution < 1.29 is 8.83 Å². The van der Waals surface area contributed by atoms with E-state index in [1.807, 2.05) is 30.3 Å². The summed E-state index contributed by atoms with van der Waals surface area (Å²) in [7, 11) is 0. The largest absolute Gasteiger partial charge is 0.453 e. The van der Waals surface area contributed by atoms with E-state index in [4.69, 9.17) is 14.6 Å². The van der Waals surface area contributed by atoms with Gasteiger partial charge in [-0.1, -0.05) is 18.2 Å². The molecule has 0 saturated heterocycles. The van der Waals surface area contributed by atoms with Crippen LogP contribution in [0.2, 0.25) is 0 Å². The van der Waals surface area contributed by atoms with Gasteiger partial charge in [-0.3, -0.25) is 0 Å². The normalized spacial score (nSPS) is 11.1. The zero-order valence-electron chi connectivity index (χ0n) is 8.51. The lowest BCUT2D eigenvalue weighted by Gasteiger charge is -1.87. The van der Waals surface area contributed by atoms with Crippen LogP contribution in [0.4, 0.5) is 0 Å². The van der Waals surface area contributed by atoms with Crippen molar-refractivity contribution in [3.8, 4) is 11.5 Å². The third-order valence-electron chi connectivity index (χ3n) is 2.40. The number of furan rings is 1. The Morgan fingerprint density at radius 1 is 1.12 bits per heavy atom. The van der Waals surface area contributed by atoms with E-state index < -0.39 is 0 Å². The van der Waals surface area contributed by atoms with Crippen LogP contribution in [0.25, 0.3) is 22.5 Å². The van der Waals surface area contributed by atoms with Gasteiger partial charge in [-0.15, -0.1) is 0 Å². The number of rotatable bonds is 2. The summed E-state index contributed by atoms with van der Waals surface area (Å²) in [6.45, 7) is 0.292. The second-order valence-electron chi connectivity index (χ2n) is 3.47. The maximum atomic E-state index is 5.64. The van der Waals surface area contributed by atoms with Gasteiger partial charge in [0.15, 0.2) is 11.5 Å². The summed E-state index contributed by atoms with van der Waals surface area (Å²) in [5.74, 6) is 1.79. The third kappa shape index (κ3) is 1.40. The summed E-state index contributed by atoms with van der Waals surface area (Å²) in [4.78, 5) is 4.03. The van der Waals surface area contributed by atoms with E-state index in [1.165, 1.54) is 0 Å². The van der Waals surface area contributed by atoms with Gasteiger partial charge >= 0.3 is 0 Å². The molecule has 0 saturated carbocycles. The van der Waals surface area contributed by atoms with Gasteiger partial charge in [-0.25, -0.2) is 4.98 Å². The van der Waals surface area contributed by atoms with Crippen LogP contribution in [-0.4, -0.2) is 4.98 Å². The lowest BCUT2D eigenvalue weighted by molar-refractivity contribution is 0.491. The molecule has 0 atom stereocenters. The molecule has 0 aliphatic rings. The van der Waals surface area contributed by atoms with Crippen molar-refractivity contribution in [1.82, 2.24) is 4.98 Å². The van der Waals surface area contributed by atoms with Crippen LogP contribution in [0.5, 0.6) is 0 Å². The Balaban J connectivity index is 2.11. The number of aromatic nitrogens is 1. The summed E-state index contributed by atoms with van der Waals surface area (Å²) in [5, 5.41) is 1.04. The van der Waals surface area contributed by atoms with Crippen LogP contribution in [0.1, 0.15) is 5.89 Å². The second kappa shape index (κ2) is 3.50. The smallest absolute Gasteiger partial charge is 0.208 e. The Labute approximate surface area is 91.7 Å². The minimum Gasteiger partial charge on any atom is -0.453 e. The molecular formula is C12H10N2O2. The summed E-state index contributed by atoms with van der Waals surface area (Å²) < 4.78 is 11.1. The van der Waals surface area contributed by atoms with Crippen molar-refractivity contribution in [1.29, 1.82) is 0 Å². The van der Waals surface area contributed by atoms with Crippen molar-refractivity contribution in [3.63, 3.8) is 0 Å². The van der Waals surface area contributed by atoms with Gasteiger partial charge in [-0.05, 0) is 12.1 Å². The molecule has 80 valence electrons. The van der Waals surface area contributed by atoms with Gasteiger partial charge in [0.1, 0.15) is 5.58 Å². The first-order valence-corrected chi connectivity index (χ1v) is 5.00. The van der Waals surface area contributed by atoms with Crippen molar-refractivity contribution in [2.75, 3.05) is 0 Å².